The van der Waals surface area contributed by atoms with Gasteiger partial charge in [0.05, 0.1) is 10.9 Å². The van der Waals surface area contributed by atoms with E-state index in [-0.39, 0.29) is 29.8 Å². The zero-order chi connectivity index (χ0) is 20.4. The molecule has 0 aliphatic heterocycles. The third-order valence-corrected chi connectivity index (χ3v) is 4.10. The molecule has 0 aliphatic carbocycles. The van der Waals surface area contributed by atoms with Crippen molar-refractivity contribution in [1.29, 1.82) is 0 Å². The first-order valence-corrected chi connectivity index (χ1v) is 8.63. The molecule has 2 N–H and O–H groups in total. The zero-order valence-electron chi connectivity index (χ0n) is 15.2. The molecular weight excluding hydrogens is 379 g/mol. The standard InChI is InChI=1S/C19H15FN6O3/c1-11-22-15-5-3-2-4-14(15)18(28)26(11)25-16(27)10-21-19-24-23-17(29-19)12-6-8-13(20)9-7-12/h2-9H,10H2,1H3,(H,21,24)(H,25,27). The van der Waals surface area contributed by atoms with E-state index in [1.807, 2.05) is 0 Å². The van der Waals surface area contributed by atoms with Crippen LogP contribution in [0.1, 0.15) is 5.82 Å². The monoisotopic (exact) mass is 394 g/mol. The lowest BCUT2D eigenvalue weighted by molar-refractivity contribution is -0.115. The molecule has 2 aromatic carbocycles. The summed E-state index contributed by atoms with van der Waals surface area (Å²) < 4.78 is 19.5. The van der Waals surface area contributed by atoms with E-state index in [0.717, 1.165) is 4.68 Å². The molecule has 4 rings (SSSR count). The SMILES string of the molecule is Cc1nc2ccccc2c(=O)n1NC(=O)CNc1nnc(-c2ccc(F)cc2)o1. The minimum atomic E-state index is -0.506. The number of rotatable bonds is 5. The lowest BCUT2D eigenvalue weighted by Crippen LogP contribution is -2.38. The van der Waals surface area contributed by atoms with Gasteiger partial charge in [0.1, 0.15) is 18.2 Å². The molecule has 0 unspecified atom stereocenters. The fourth-order valence-electron chi connectivity index (χ4n) is 2.70. The zero-order valence-corrected chi connectivity index (χ0v) is 15.2. The maximum Gasteiger partial charge on any atom is 0.316 e. The number of nitrogens with zero attached hydrogens (tertiary/aromatic N) is 4. The van der Waals surface area contributed by atoms with Crippen LogP contribution >= 0.6 is 0 Å². The Labute approximate surface area is 163 Å². The second kappa shape index (κ2) is 7.50. The highest BCUT2D eigenvalue weighted by Gasteiger charge is 2.13. The molecule has 0 saturated carbocycles. The summed E-state index contributed by atoms with van der Waals surface area (Å²) in [6.07, 6.45) is 0. The Hall–Kier alpha value is -4.08. The first kappa shape index (κ1) is 18.3. The topological polar surface area (TPSA) is 115 Å². The third-order valence-electron chi connectivity index (χ3n) is 4.10. The molecule has 4 aromatic rings. The highest BCUT2D eigenvalue weighted by molar-refractivity contribution is 5.87. The number of fused-ring (bicyclic) bond motifs is 1. The summed E-state index contributed by atoms with van der Waals surface area (Å²) in [6, 6.07) is 12.4. The Balaban J connectivity index is 1.44. The van der Waals surface area contributed by atoms with Crippen molar-refractivity contribution in [2.45, 2.75) is 6.92 Å². The van der Waals surface area contributed by atoms with Crippen molar-refractivity contribution in [3.63, 3.8) is 0 Å². The van der Waals surface area contributed by atoms with Gasteiger partial charge in [-0.15, -0.1) is 5.10 Å². The fraction of sp³-hybridized carbons (Fsp3) is 0.105. The number of halogens is 1. The Kier molecular flexibility index (Phi) is 4.73. The van der Waals surface area contributed by atoms with E-state index in [2.05, 4.69) is 25.9 Å². The van der Waals surface area contributed by atoms with Crippen LogP contribution in [0.4, 0.5) is 10.4 Å². The van der Waals surface area contributed by atoms with Crippen molar-refractivity contribution in [1.82, 2.24) is 19.9 Å². The van der Waals surface area contributed by atoms with Crippen LogP contribution in [-0.2, 0) is 4.79 Å². The van der Waals surface area contributed by atoms with Crippen molar-refractivity contribution < 1.29 is 13.6 Å². The van der Waals surface area contributed by atoms with Crippen molar-refractivity contribution in [3.8, 4) is 11.5 Å². The molecular formula is C19H15FN6O3. The molecule has 0 aliphatic rings. The lowest BCUT2D eigenvalue weighted by Gasteiger charge is -2.11. The van der Waals surface area contributed by atoms with Crippen LogP contribution in [0.5, 0.6) is 0 Å². The summed E-state index contributed by atoms with van der Waals surface area (Å²) in [5.74, 6) is -0.358. The van der Waals surface area contributed by atoms with Gasteiger partial charge in [-0.2, -0.15) is 0 Å². The van der Waals surface area contributed by atoms with E-state index in [4.69, 9.17) is 4.42 Å². The van der Waals surface area contributed by atoms with Crippen molar-refractivity contribution in [2.24, 2.45) is 0 Å². The van der Waals surface area contributed by atoms with Crippen LogP contribution in [0.25, 0.3) is 22.4 Å². The first-order chi connectivity index (χ1) is 14.0. The quantitative estimate of drug-likeness (QED) is 0.532. The average molecular weight is 394 g/mol. The van der Waals surface area contributed by atoms with Gasteiger partial charge in [-0.3, -0.25) is 15.0 Å². The van der Waals surface area contributed by atoms with Crippen LogP contribution in [0.2, 0.25) is 0 Å². The molecule has 0 atom stereocenters. The van der Waals surface area contributed by atoms with Gasteiger partial charge in [0.25, 0.3) is 11.5 Å². The van der Waals surface area contributed by atoms with Crippen LogP contribution in [0, 0.1) is 12.7 Å². The Morgan fingerprint density at radius 3 is 2.69 bits per heavy atom. The lowest BCUT2D eigenvalue weighted by atomic mass is 10.2. The summed E-state index contributed by atoms with van der Waals surface area (Å²) in [6.45, 7) is 1.40. The van der Waals surface area contributed by atoms with Crippen molar-refractivity contribution in [3.05, 3.63) is 70.5 Å². The number of amides is 1. The number of para-hydroxylation sites is 1. The number of nitrogens with one attached hydrogen (secondary N) is 2. The number of hydrogen-bond acceptors (Lipinski definition) is 7. The molecule has 29 heavy (non-hydrogen) atoms. The first-order valence-electron chi connectivity index (χ1n) is 8.63. The molecule has 0 radical (unpaired) electrons. The molecule has 0 bridgehead atoms. The van der Waals surface area contributed by atoms with E-state index >= 15 is 0 Å². The van der Waals surface area contributed by atoms with Gasteiger partial charge < -0.3 is 9.73 Å². The van der Waals surface area contributed by atoms with Gasteiger partial charge >= 0.3 is 6.01 Å². The Morgan fingerprint density at radius 1 is 1.14 bits per heavy atom. The van der Waals surface area contributed by atoms with Crippen molar-refractivity contribution in [2.75, 3.05) is 17.3 Å². The van der Waals surface area contributed by atoms with Crippen molar-refractivity contribution >= 4 is 22.8 Å². The van der Waals surface area contributed by atoms with Gasteiger partial charge in [0, 0.05) is 5.56 Å². The summed E-state index contributed by atoms with van der Waals surface area (Å²) >= 11 is 0. The van der Waals surface area contributed by atoms with Crippen LogP contribution in [0.3, 0.4) is 0 Å². The number of aryl methyl sites for hydroxylation is 1. The maximum atomic E-state index is 13.0. The summed E-state index contributed by atoms with van der Waals surface area (Å²) in [5, 5.41) is 10.7. The van der Waals surface area contributed by atoms with Crippen LogP contribution in [0.15, 0.2) is 57.7 Å². The molecule has 0 fully saturated rings. The number of anilines is 1. The molecule has 2 heterocycles. The second-order valence-electron chi connectivity index (χ2n) is 6.12. The fourth-order valence-corrected chi connectivity index (χ4v) is 2.70. The summed E-state index contributed by atoms with van der Waals surface area (Å²) in [5.41, 5.74) is 3.21. The molecule has 0 saturated heterocycles. The Morgan fingerprint density at radius 2 is 1.90 bits per heavy atom. The van der Waals surface area contributed by atoms with E-state index in [1.54, 1.807) is 31.2 Å². The largest absolute Gasteiger partial charge is 0.403 e. The minimum absolute atomic E-state index is 0.0141. The third kappa shape index (κ3) is 3.81. The van der Waals surface area contributed by atoms with Gasteiger partial charge in [-0.1, -0.05) is 17.2 Å². The molecule has 2 aromatic heterocycles. The maximum absolute atomic E-state index is 13.0. The minimum Gasteiger partial charge on any atom is -0.403 e. The predicted octanol–water partition coefficient (Wildman–Crippen LogP) is 2.08. The van der Waals surface area contributed by atoms with Gasteiger partial charge in [-0.25, -0.2) is 14.1 Å². The number of benzene rings is 2. The highest BCUT2D eigenvalue weighted by atomic mass is 19.1. The van der Waals surface area contributed by atoms with E-state index in [0.29, 0.717) is 22.3 Å². The number of carbonyl (C=O) groups is 1. The molecule has 10 heteroatoms. The second-order valence-corrected chi connectivity index (χ2v) is 6.12. The smallest absolute Gasteiger partial charge is 0.316 e. The van der Waals surface area contributed by atoms with Gasteiger partial charge in [0.2, 0.25) is 5.89 Å². The van der Waals surface area contributed by atoms with Gasteiger partial charge in [-0.05, 0) is 43.3 Å². The van der Waals surface area contributed by atoms with Crippen LogP contribution < -0.4 is 16.3 Å². The molecule has 0 spiro atoms. The van der Waals surface area contributed by atoms with E-state index in [1.165, 1.54) is 24.3 Å². The number of hydrogen-bond donors (Lipinski definition) is 2. The molecule has 146 valence electrons. The number of aromatic nitrogens is 4. The van der Waals surface area contributed by atoms with E-state index < -0.39 is 5.91 Å². The van der Waals surface area contributed by atoms with Gasteiger partial charge in [0.15, 0.2) is 0 Å². The summed E-state index contributed by atoms with van der Waals surface area (Å²) in [4.78, 5) is 29.1. The van der Waals surface area contributed by atoms with Crippen LogP contribution in [-0.4, -0.2) is 32.3 Å². The molecule has 1 amide bonds. The predicted molar refractivity (Wildman–Crippen MR) is 103 cm³/mol. The number of carbonyl (C=O) groups excluding carboxylic acids is 1. The highest BCUT2D eigenvalue weighted by Crippen LogP contribution is 2.19. The summed E-state index contributed by atoms with van der Waals surface area (Å²) in [7, 11) is 0. The normalized spacial score (nSPS) is 10.8. The van der Waals surface area contributed by atoms with E-state index in [9.17, 15) is 14.0 Å². The molecule has 9 nitrogen and oxygen atoms in total. The Bertz CT molecular complexity index is 1250. The average Bonchev–Trinajstić information content (AvgIpc) is 3.19.